The number of nitrogens with zero attached hydrogens (tertiary/aromatic N) is 2. The fourth-order valence-corrected chi connectivity index (χ4v) is 5.04. The molecule has 9 nitrogen and oxygen atoms in total. The Morgan fingerprint density at radius 3 is 2.50 bits per heavy atom. The summed E-state index contributed by atoms with van der Waals surface area (Å²) in [4.78, 5) is 40.2. The maximum atomic E-state index is 13.3. The van der Waals surface area contributed by atoms with Gasteiger partial charge >= 0.3 is 11.9 Å². The lowest BCUT2D eigenvalue weighted by Crippen LogP contribution is -2.57. The number of carbonyl (C=O) groups excluding carboxylic acids is 2. The first-order valence-electron chi connectivity index (χ1n) is 10.6. The Kier molecular flexibility index (Phi) is 8.34. The molecule has 1 atom stereocenters. The minimum Gasteiger partial charge on any atom is -0.477 e. The smallest absolute Gasteiger partial charge is 0.346 e. The van der Waals surface area contributed by atoms with Crippen molar-refractivity contribution in [3.63, 3.8) is 0 Å². The fourth-order valence-electron chi connectivity index (χ4n) is 3.70. The standard InChI is InChI=1S/C23H27BrN2O7S/c1-14-17-19(28)26(13-16(27)33-23(2,3)32-12-10-24)22(31)25(20(17)34-18(14)21(29)30)11-9-15-7-5-4-6-8-15/h4-8,22,31H,9-13H2,1-3H3,(H,29,30). The molecule has 0 fully saturated rings. The zero-order chi connectivity index (χ0) is 25.0. The van der Waals surface area contributed by atoms with Crippen LogP contribution in [0.15, 0.2) is 30.3 Å². The van der Waals surface area contributed by atoms with Crippen LogP contribution in [0.3, 0.4) is 0 Å². The summed E-state index contributed by atoms with van der Waals surface area (Å²) in [5, 5.41) is 21.6. The number of hydrogen-bond acceptors (Lipinski definition) is 8. The van der Waals surface area contributed by atoms with Gasteiger partial charge in [-0.25, -0.2) is 4.79 Å². The molecular weight excluding hydrogens is 528 g/mol. The van der Waals surface area contributed by atoms with Crippen molar-refractivity contribution >= 4 is 50.1 Å². The SMILES string of the molecule is Cc1c(C(=O)O)sc2c1C(=O)N(CC(=O)OC(C)(C)OCCBr)C(O)N2CCc1ccccc1. The number of fused-ring (bicyclic) bond motifs is 1. The van der Waals surface area contributed by atoms with Gasteiger partial charge in [0.05, 0.1) is 12.2 Å². The lowest BCUT2D eigenvalue weighted by Gasteiger charge is -2.41. The van der Waals surface area contributed by atoms with Gasteiger partial charge in [0.25, 0.3) is 5.91 Å². The summed E-state index contributed by atoms with van der Waals surface area (Å²) in [6.45, 7) is 4.80. The summed E-state index contributed by atoms with van der Waals surface area (Å²) < 4.78 is 10.8. The number of esters is 1. The minimum atomic E-state index is -1.47. The Morgan fingerprint density at radius 1 is 1.21 bits per heavy atom. The van der Waals surface area contributed by atoms with Gasteiger partial charge in [0, 0.05) is 25.7 Å². The molecule has 2 heterocycles. The molecule has 1 amide bonds. The molecule has 2 N–H and O–H groups in total. The molecule has 11 heteroatoms. The summed E-state index contributed by atoms with van der Waals surface area (Å²) in [6.07, 6.45) is -0.932. The summed E-state index contributed by atoms with van der Waals surface area (Å²) >= 11 is 4.18. The molecule has 0 saturated carbocycles. The van der Waals surface area contributed by atoms with Crippen LogP contribution >= 0.6 is 27.3 Å². The van der Waals surface area contributed by atoms with Crippen LogP contribution in [0.25, 0.3) is 0 Å². The number of benzene rings is 1. The van der Waals surface area contributed by atoms with Gasteiger partial charge in [-0.05, 0) is 24.5 Å². The first-order chi connectivity index (χ1) is 16.1. The molecule has 3 rings (SSSR count). The molecule has 34 heavy (non-hydrogen) atoms. The van der Waals surface area contributed by atoms with E-state index < -0.39 is 36.5 Å². The second kappa shape index (κ2) is 10.9. The highest BCUT2D eigenvalue weighted by Gasteiger charge is 2.42. The summed E-state index contributed by atoms with van der Waals surface area (Å²) in [6, 6.07) is 9.57. The minimum absolute atomic E-state index is 0.0176. The fraction of sp³-hybridized carbons (Fsp3) is 0.435. The molecule has 1 aromatic carbocycles. The van der Waals surface area contributed by atoms with Crippen molar-refractivity contribution in [2.45, 2.75) is 39.3 Å². The molecule has 0 saturated heterocycles. The van der Waals surface area contributed by atoms with Gasteiger partial charge in [0.2, 0.25) is 12.1 Å². The van der Waals surface area contributed by atoms with Crippen molar-refractivity contribution in [3.05, 3.63) is 51.9 Å². The molecule has 1 unspecified atom stereocenters. The Bertz CT molecular complexity index is 1060. The number of carboxylic acid groups (broad SMARTS) is 1. The largest absolute Gasteiger partial charge is 0.477 e. The van der Waals surface area contributed by atoms with E-state index in [4.69, 9.17) is 9.47 Å². The second-order valence-corrected chi connectivity index (χ2v) is 9.95. The van der Waals surface area contributed by atoms with Crippen LogP contribution in [-0.4, -0.2) is 70.1 Å². The van der Waals surface area contributed by atoms with E-state index in [1.807, 2.05) is 30.3 Å². The average Bonchev–Trinajstić information content (AvgIpc) is 3.13. The third-order valence-corrected chi connectivity index (χ3v) is 6.93. The van der Waals surface area contributed by atoms with E-state index in [1.54, 1.807) is 25.7 Å². The van der Waals surface area contributed by atoms with Crippen LogP contribution in [0.1, 0.15) is 45.0 Å². The molecule has 184 valence electrons. The topological polar surface area (TPSA) is 117 Å². The monoisotopic (exact) mass is 554 g/mol. The molecule has 0 aliphatic carbocycles. The molecule has 2 aromatic rings. The first kappa shape index (κ1) is 26.1. The van der Waals surface area contributed by atoms with Gasteiger partial charge in [0.15, 0.2) is 0 Å². The quantitative estimate of drug-likeness (QED) is 0.261. The number of halogens is 1. The normalized spacial score (nSPS) is 15.9. The predicted molar refractivity (Wildman–Crippen MR) is 130 cm³/mol. The van der Waals surface area contributed by atoms with Crippen LogP contribution in [0.2, 0.25) is 0 Å². The number of aliphatic hydroxyl groups excluding tert-OH is 1. The van der Waals surface area contributed by atoms with Crippen molar-refractivity contribution < 1.29 is 34.1 Å². The molecule has 0 spiro atoms. The number of hydrogen-bond donors (Lipinski definition) is 2. The molecular formula is C23H27BrN2O7S. The maximum Gasteiger partial charge on any atom is 0.346 e. The number of carbonyl (C=O) groups is 3. The highest BCUT2D eigenvalue weighted by molar-refractivity contribution is 9.09. The van der Waals surface area contributed by atoms with E-state index in [0.29, 0.717) is 35.5 Å². The van der Waals surface area contributed by atoms with E-state index in [0.717, 1.165) is 21.8 Å². The van der Waals surface area contributed by atoms with Gasteiger partial charge in [0.1, 0.15) is 16.4 Å². The number of ether oxygens (including phenoxy) is 2. The Morgan fingerprint density at radius 2 is 1.88 bits per heavy atom. The number of thiophene rings is 1. The van der Waals surface area contributed by atoms with Gasteiger partial charge in [-0.2, -0.15) is 0 Å². The maximum absolute atomic E-state index is 13.3. The molecule has 0 radical (unpaired) electrons. The van der Waals surface area contributed by atoms with Crippen molar-refractivity contribution in [2.24, 2.45) is 0 Å². The second-order valence-electron chi connectivity index (χ2n) is 8.16. The Balaban J connectivity index is 1.88. The van der Waals surface area contributed by atoms with Crippen molar-refractivity contribution in [3.8, 4) is 0 Å². The zero-order valence-electron chi connectivity index (χ0n) is 19.1. The third-order valence-electron chi connectivity index (χ3n) is 5.29. The van der Waals surface area contributed by atoms with E-state index >= 15 is 0 Å². The molecule has 1 aliphatic heterocycles. The number of alkyl halides is 1. The van der Waals surface area contributed by atoms with Gasteiger partial charge in [-0.15, -0.1) is 11.3 Å². The van der Waals surface area contributed by atoms with Crippen molar-refractivity contribution in [1.29, 1.82) is 0 Å². The van der Waals surface area contributed by atoms with Crippen LogP contribution < -0.4 is 4.90 Å². The molecule has 0 bridgehead atoms. The van der Waals surface area contributed by atoms with Crippen LogP contribution in [-0.2, 0) is 20.7 Å². The lowest BCUT2D eigenvalue weighted by molar-refractivity contribution is -0.215. The predicted octanol–water partition coefficient (Wildman–Crippen LogP) is 3.23. The number of rotatable bonds is 10. The van der Waals surface area contributed by atoms with Crippen molar-refractivity contribution in [1.82, 2.24) is 4.90 Å². The van der Waals surface area contributed by atoms with Crippen LogP contribution in [0, 0.1) is 6.92 Å². The highest BCUT2D eigenvalue weighted by Crippen LogP contribution is 2.41. The number of anilines is 1. The summed E-state index contributed by atoms with van der Waals surface area (Å²) in [7, 11) is 0. The van der Waals surface area contributed by atoms with Gasteiger partial charge in [-0.1, -0.05) is 46.3 Å². The summed E-state index contributed by atoms with van der Waals surface area (Å²) in [5.74, 6) is -3.76. The summed E-state index contributed by atoms with van der Waals surface area (Å²) in [5.41, 5.74) is 1.48. The average molecular weight is 555 g/mol. The van der Waals surface area contributed by atoms with Crippen molar-refractivity contribution in [2.75, 3.05) is 29.9 Å². The molecule has 1 aliphatic rings. The zero-order valence-corrected chi connectivity index (χ0v) is 21.5. The number of aromatic carboxylic acids is 1. The Hall–Kier alpha value is -2.47. The van der Waals surface area contributed by atoms with Gasteiger partial charge in [-0.3, -0.25) is 14.5 Å². The van der Waals surface area contributed by atoms with E-state index in [-0.39, 0.29) is 10.4 Å². The first-order valence-corrected chi connectivity index (χ1v) is 12.6. The third kappa shape index (κ3) is 5.77. The number of carboxylic acids is 1. The van der Waals surface area contributed by atoms with Gasteiger partial charge < -0.3 is 24.6 Å². The molecule has 1 aromatic heterocycles. The lowest BCUT2D eigenvalue weighted by atomic mass is 10.1. The Labute approximate surface area is 210 Å². The van der Waals surface area contributed by atoms with E-state index in [1.165, 1.54) is 0 Å². The van der Waals surface area contributed by atoms with Crippen LogP contribution in [0.5, 0.6) is 0 Å². The highest BCUT2D eigenvalue weighted by atomic mass is 79.9. The van der Waals surface area contributed by atoms with E-state index in [2.05, 4.69) is 15.9 Å². The number of aliphatic hydroxyl groups is 1. The van der Waals surface area contributed by atoms with Crippen LogP contribution in [0.4, 0.5) is 5.00 Å². The number of amides is 1. The van der Waals surface area contributed by atoms with E-state index in [9.17, 15) is 24.6 Å².